The number of aliphatic hydroxyl groups is 2. The van der Waals surface area contributed by atoms with Gasteiger partial charge in [-0.2, -0.15) is 0 Å². The Morgan fingerprint density at radius 1 is 0.875 bits per heavy atom. The topological polar surface area (TPSA) is 66.7 Å². The zero-order valence-electron chi connectivity index (χ0n) is 8.74. The second kappa shape index (κ2) is 5.01. The molecule has 4 nitrogen and oxygen atoms in total. The van der Waals surface area contributed by atoms with Crippen LogP contribution in [0, 0.1) is 0 Å². The average molecular weight is 222 g/mol. The first kappa shape index (κ1) is 11.0. The monoisotopic (exact) mass is 222 g/mol. The Morgan fingerprint density at radius 2 is 1.31 bits per heavy atom. The number of aliphatic hydroxyl groups excluding tert-OH is 2. The highest BCUT2D eigenvalue weighted by Gasteiger charge is 2.19. The molecule has 0 amide bonds. The van der Waals surface area contributed by atoms with Gasteiger partial charge in [0, 0.05) is 12.8 Å². The number of rotatable bonds is 5. The van der Waals surface area contributed by atoms with Crippen LogP contribution >= 0.6 is 0 Å². The summed E-state index contributed by atoms with van der Waals surface area (Å²) in [5.41, 5.74) is 0. The zero-order chi connectivity index (χ0) is 11.4. The first-order valence-corrected chi connectivity index (χ1v) is 5.16. The van der Waals surface area contributed by atoms with E-state index in [1.54, 1.807) is 36.8 Å². The smallest absolute Gasteiger partial charge is 0.106 e. The van der Waals surface area contributed by atoms with Crippen LogP contribution in [0.2, 0.25) is 0 Å². The average Bonchev–Trinajstić information content (AvgIpc) is 2.90. The molecular weight excluding hydrogens is 208 g/mol. The zero-order valence-corrected chi connectivity index (χ0v) is 8.74. The van der Waals surface area contributed by atoms with Crippen molar-refractivity contribution in [3.63, 3.8) is 0 Å². The molecule has 0 saturated carbocycles. The van der Waals surface area contributed by atoms with Crippen LogP contribution in [0.25, 0.3) is 0 Å². The molecule has 2 atom stereocenters. The van der Waals surface area contributed by atoms with Gasteiger partial charge < -0.3 is 19.0 Å². The lowest BCUT2D eigenvalue weighted by molar-refractivity contribution is 0.0150. The van der Waals surface area contributed by atoms with Gasteiger partial charge in [0.25, 0.3) is 0 Å². The van der Waals surface area contributed by atoms with Crippen molar-refractivity contribution >= 4 is 0 Å². The molecular formula is C12H14O4. The summed E-state index contributed by atoms with van der Waals surface area (Å²) in [6.45, 7) is 0. The highest BCUT2D eigenvalue weighted by molar-refractivity contribution is 5.03. The van der Waals surface area contributed by atoms with Gasteiger partial charge in [0.1, 0.15) is 11.5 Å². The summed E-state index contributed by atoms with van der Waals surface area (Å²) < 4.78 is 10.2. The lowest BCUT2D eigenvalue weighted by atomic mass is 10.1. The highest BCUT2D eigenvalue weighted by Crippen LogP contribution is 2.11. The first-order chi connectivity index (χ1) is 7.75. The van der Waals surface area contributed by atoms with Crippen LogP contribution in [0.3, 0.4) is 0 Å². The van der Waals surface area contributed by atoms with Crippen LogP contribution in [0.1, 0.15) is 11.5 Å². The fraction of sp³-hybridized carbons (Fsp3) is 0.333. The van der Waals surface area contributed by atoms with Gasteiger partial charge in [-0.15, -0.1) is 0 Å². The van der Waals surface area contributed by atoms with Gasteiger partial charge in [-0.05, 0) is 24.3 Å². The lowest BCUT2D eigenvalue weighted by Crippen LogP contribution is -2.29. The molecule has 2 aromatic heterocycles. The van der Waals surface area contributed by atoms with E-state index in [1.165, 1.54) is 0 Å². The maximum Gasteiger partial charge on any atom is 0.106 e. The molecule has 0 saturated heterocycles. The summed E-state index contributed by atoms with van der Waals surface area (Å²) in [6.07, 6.45) is 1.98. The Bertz CT molecular complexity index is 350. The van der Waals surface area contributed by atoms with Gasteiger partial charge >= 0.3 is 0 Å². The minimum Gasteiger partial charge on any atom is -0.469 e. The maximum atomic E-state index is 9.74. The van der Waals surface area contributed by atoms with Crippen molar-refractivity contribution in [1.82, 2.24) is 0 Å². The van der Waals surface area contributed by atoms with Crippen LogP contribution < -0.4 is 0 Å². The summed E-state index contributed by atoms with van der Waals surface area (Å²) in [4.78, 5) is 0. The summed E-state index contributed by atoms with van der Waals surface area (Å²) in [5, 5.41) is 19.5. The molecule has 2 unspecified atom stereocenters. The van der Waals surface area contributed by atoms with Gasteiger partial charge in [-0.1, -0.05) is 0 Å². The number of furan rings is 2. The van der Waals surface area contributed by atoms with Gasteiger partial charge in [0.2, 0.25) is 0 Å². The Labute approximate surface area is 93.1 Å². The SMILES string of the molecule is OC(Cc1ccco1)C(O)Cc1ccco1. The standard InChI is InChI=1S/C12H14O4/c13-11(7-9-3-1-5-15-9)12(14)8-10-4-2-6-16-10/h1-6,11-14H,7-8H2. The molecule has 16 heavy (non-hydrogen) atoms. The molecule has 0 fully saturated rings. The molecule has 2 heterocycles. The second-order valence-electron chi connectivity index (χ2n) is 3.70. The minimum atomic E-state index is -0.851. The molecule has 2 aromatic rings. The van der Waals surface area contributed by atoms with E-state index in [0.717, 1.165) is 0 Å². The van der Waals surface area contributed by atoms with Crippen molar-refractivity contribution in [2.45, 2.75) is 25.0 Å². The lowest BCUT2D eigenvalue weighted by Gasteiger charge is -2.15. The van der Waals surface area contributed by atoms with E-state index >= 15 is 0 Å². The Hall–Kier alpha value is -1.52. The van der Waals surface area contributed by atoms with Crippen molar-refractivity contribution in [3.8, 4) is 0 Å². The quantitative estimate of drug-likeness (QED) is 0.802. The van der Waals surface area contributed by atoms with Crippen LogP contribution in [0.4, 0.5) is 0 Å². The molecule has 86 valence electrons. The fourth-order valence-electron chi connectivity index (χ4n) is 1.54. The normalized spacial score (nSPS) is 14.9. The Kier molecular flexibility index (Phi) is 3.44. The van der Waals surface area contributed by atoms with E-state index in [9.17, 15) is 10.2 Å². The Morgan fingerprint density at radius 3 is 1.62 bits per heavy atom. The molecule has 0 aliphatic rings. The molecule has 0 aliphatic carbocycles. The van der Waals surface area contributed by atoms with Gasteiger partial charge in [-0.25, -0.2) is 0 Å². The first-order valence-electron chi connectivity index (χ1n) is 5.16. The van der Waals surface area contributed by atoms with Crippen LogP contribution in [0.5, 0.6) is 0 Å². The number of hydrogen-bond acceptors (Lipinski definition) is 4. The summed E-state index contributed by atoms with van der Waals surface area (Å²) >= 11 is 0. The molecule has 0 spiro atoms. The maximum absolute atomic E-state index is 9.74. The van der Waals surface area contributed by atoms with E-state index in [2.05, 4.69) is 0 Å². The molecule has 0 bridgehead atoms. The van der Waals surface area contributed by atoms with Crippen molar-refractivity contribution in [1.29, 1.82) is 0 Å². The van der Waals surface area contributed by atoms with Gasteiger partial charge in [0.05, 0.1) is 24.7 Å². The van der Waals surface area contributed by atoms with E-state index in [1.807, 2.05) is 0 Å². The van der Waals surface area contributed by atoms with E-state index in [-0.39, 0.29) is 0 Å². The van der Waals surface area contributed by atoms with Crippen LogP contribution in [0.15, 0.2) is 45.6 Å². The molecule has 4 heteroatoms. The van der Waals surface area contributed by atoms with Gasteiger partial charge in [-0.3, -0.25) is 0 Å². The van der Waals surface area contributed by atoms with E-state index < -0.39 is 12.2 Å². The fourth-order valence-corrected chi connectivity index (χ4v) is 1.54. The third-order valence-corrected chi connectivity index (χ3v) is 2.42. The predicted molar refractivity (Wildman–Crippen MR) is 56.8 cm³/mol. The number of hydrogen-bond donors (Lipinski definition) is 2. The van der Waals surface area contributed by atoms with Crippen molar-refractivity contribution < 1.29 is 19.0 Å². The van der Waals surface area contributed by atoms with Crippen LogP contribution in [-0.4, -0.2) is 22.4 Å². The highest BCUT2D eigenvalue weighted by atomic mass is 16.3. The predicted octanol–water partition coefficient (Wildman–Crippen LogP) is 1.38. The summed E-state index contributed by atoms with van der Waals surface area (Å²) in [6, 6.07) is 7.04. The molecule has 2 rings (SSSR count). The molecule has 2 N–H and O–H groups in total. The summed E-state index contributed by atoms with van der Waals surface area (Å²) in [7, 11) is 0. The van der Waals surface area contributed by atoms with Crippen molar-refractivity contribution in [3.05, 3.63) is 48.3 Å². The van der Waals surface area contributed by atoms with Crippen molar-refractivity contribution in [2.24, 2.45) is 0 Å². The largest absolute Gasteiger partial charge is 0.469 e. The third kappa shape index (κ3) is 2.74. The van der Waals surface area contributed by atoms with Gasteiger partial charge in [0.15, 0.2) is 0 Å². The van der Waals surface area contributed by atoms with Crippen LogP contribution in [-0.2, 0) is 12.8 Å². The Balaban J connectivity index is 1.87. The minimum absolute atomic E-state index is 0.300. The molecule has 0 aliphatic heterocycles. The van der Waals surface area contributed by atoms with E-state index in [4.69, 9.17) is 8.83 Å². The van der Waals surface area contributed by atoms with Crippen molar-refractivity contribution in [2.75, 3.05) is 0 Å². The second-order valence-corrected chi connectivity index (χ2v) is 3.70. The van der Waals surface area contributed by atoms with E-state index in [0.29, 0.717) is 24.4 Å². The molecule has 0 aromatic carbocycles. The third-order valence-electron chi connectivity index (χ3n) is 2.42. The molecule has 0 radical (unpaired) electrons. The summed E-state index contributed by atoms with van der Waals surface area (Å²) in [5.74, 6) is 1.32.